The van der Waals surface area contributed by atoms with E-state index in [2.05, 4.69) is 15.1 Å². The van der Waals surface area contributed by atoms with Gasteiger partial charge in [-0.25, -0.2) is 4.98 Å². The van der Waals surface area contributed by atoms with Crippen LogP contribution < -0.4 is 10.5 Å². The molecule has 1 saturated carbocycles. The fourth-order valence-electron chi connectivity index (χ4n) is 4.46. The first-order valence-electron chi connectivity index (χ1n) is 12.8. The summed E-state index contributed by atoms with van der Waals surface area (Å²) in [4.78, 5) is 40.8. The molecule has 4 rings (SSSR count). The van der Waals surface area contributed by atoms with Crippen molar-refractivity contribution in [1.82, 2.24) is 14.5 Å². The van der Waals surface area contributed by atoms with Gasteiger partial charge in [0.2, 0.25) is 0 Å². The zero-order valence-corrected chi connectivity index (χ0v) is 23.1. The topological polar surface area (TPSA) is 113 Å². The minimum Gasteiger partial charge on any atom is -0.390 e. The Hall–Kier alpha value is -4.06. The number of aromatic nitrogens is 3. The Bertz CT molecular complexity index is 1390. The monoisotopic (exact) mass is 516 g/mol. The highest BCUT2D eigenvalue weighted by atomic mass is 16.6. The first kappa shape index (κ1) is 28.5. The van der Waals surface area contributed by atoms with Gasteiger partial charge in [-0.2, -0.15) is 5.26 Å². The lowest BCUT2D eigenvalue weighted by Crippen LogP contribution is -2.37. The fraction of sp³-hybridized carbons (Fsp3) is 0.448. The second-order valence-corrected chi connectivity index (χ2v) is 10.4. The third-order valence-corrected chi connectivity index (χ3v) is 6.36. The van der Waals surface area contributed by atoms with Gasteiger partial charge in [0.15, 0.2) is 5.78 Å². The molecule has 0 aliphatic heterocycles. The summed E-state index contributed by atoms with van der Waals surface area (Å²) in [7, 11) is 3.56. The summed E-state index contributed by atoms with van der Waals surface area (Å²) in [5, 5.41) is 13.0. The zero-order chi connectivity index (χ0) is 27.9. The molecule has 1 aliphatic rings. The number of pyridine rings is 3. The molecule has 9 heteroatoms. The smallest absolute Gasteiger partial charge is 0.263 e. The summed E-state index contributed by atoms with van der Waals surface area (Å²) in [6.45, 7) is 7.25. The number of rotatable bonds is 5. The van der Waals surface area contributed by atoms with Crippen LogP contribution in [0.5, 0.6) is 0 Å². The molecule has 0 unspecified atom stereocenters. The lowest BCUT2D eigenvalue weighted by molar-refractivity contribution is 0.00196. The number of nitriles is 1. The molecule has 3 aromatic heterocycles. The first-order valence-corrected chi connectivity index (χ1v) is 12.8. The molecule has 38 heavy (non-hydrogen) atoms. The van der Waals surface area contributed by atoms with Crippen molar-refractivity contribution in [3.63, 3.8) is 0 Å². The van der Waals surface area contributed by atoms with Crippen molar-refractivity contribution in [2.75, 3.05) is 11.9 Å². The van der Waals surface area contributed by atoms with E-state index in [0.717, 1.165) is 31.4 Å². The molecule has 200 valence electrons. The summed E-state index contributed by atoms with van der Waals surface area (Å²) in [5.74, 6) is -0.274. The van der Waals surface area contributed by atoms with Crippen LogP contribution in [0.4, 0.5) is 5.69 Å². The van der Waals surface area contributed by atoms with E-state index in [-0.39, 0.29) is 34.2 Å². The molecule has 0 saturated heterocycles. The predicted molar refractivity (Wildman–Crippen MR) is 150 cm³/mol. The minimum absolute atomic E-state index is 0.158. The van der Waals surface area contributed by atoms with Crippen LogP contribution in [0.1, 0.15) is 81.5 Å². The molecule has 0 spiro atoms. The van der Waals surface area contributed by atoms with Crippen molar-refractivity contribution in [3.05, 3.63) is 63.8 Å². The highest BCUT2D eigenvalue weighted by Crippen LogP contribution is 2.32. The number of ketones is 1. The average molecular weight is 517 g/mol. The summed E-state index contributed by atoms with van der Waals surface area (Å²) in [6, 6.07) is 11.3. The molecule has 0 radical (unpaired) electrons. The van der Waals surface area contributed by atoms with Crippen molar-refractivity contribution in [3.8, 4) is 6.07 Å². The molecular formula is C29H36N6O3. The highest BCUT2D eigenvalue weighted by molar-refractivity contribution is 6.06. The molecule has 0 bridgehead atoms. The van der Waals surface area contributed by atoms with Gasteiger partial charge in [-0.3, -0.25) is 14.6 Å². The Morgan fingerprint density at radius 3 is 2.50 bits per heavy atom. The van der Waals surface area contributed by atoms with E-state index in [0.29, 0.717) is 16.7 Å². The minimum atomic E-state index is -0.316. The fourth-order valence-corrected chi connectivity index (χ4v) is 4.46. The first-order chi connectivity index (χ1) is 18.0. The summed E-state index contributed by atoms with van der Waals surface area (Å²) < 4.78 is 1.44. The molecule has 0 aromatic carbocycles. The number of hydrogen-bond acceptors (Lipinski definition) is 8. The maximum atomic E-state index is 12.8. The Kier molecular flexibility index (Phi) is 9.35. The number of hydrogen-bond donors (Lipinski definition) is 0. The number of fused-ring (bicyclic) bond motifs is 1. The molecule has 1 fully saturated rings. The second-order valence-electron chi connectivity index (χ2n) is 10.4. The van der Waals surface area contributed by atoms with Crippen LogP contribution in [0.3, 0.4) is 0 Å². The van der Waals surface area contributed by atoms with E-state index in [4.69, 9.17) is 4.84 Å². The van der Waals surface area contributed by atoms with Gasteiger partial charge in [-0.15, -0.1) is 0 Å². The molecule has 0 N–H and O–H groups in total. The largest absolute Gasteiger partial charge is 0.390 e. The summed E-state index contributed by atoms with van der Waals surface area (Å²) in [6.07, 6.45) is 8.89. The van der Waals surface area contributed by atoms with Gasteiger partial charge in [-0.1, -0.05) is 30.5 Å². The van der Waals surface area contributed by atoms with Crippen LogP contribution in [0.15, 0.2) is 46.5 Å². The number of aryl methyl sites for hydroxylation is 1. The Morgan fingerprint density at radius 2 is 1.92 bits per heavy atom. The summed E-state index contributed by atoms with van der Waals surface area (Å²) in [5.41, 5.74) is 2.41. The standard InChI is InChI=1S/C19H22N4O2.C10H14N2O/c1-12(24)16-18(22(2)14-7-5-4-6-8-14)17-15(23(3)19(16)25)10-9-13(11-20)21-17;1-10(2,3)13-12-8-9-6-4-5-7-11-9/h9-10,14H,4-8H2,1-3H3;4-8H,1-3H3/b;12-8-. The number of carbonyl (C=O) groups is 1. The third-order valence-electron chi connectivity index (χ3n) is 6.36. The van der Waals surface area contributed by atoms with Gasteiger partial charge >= 0.3 is 0 Å². The van der Waals surface area contributed by atoms with Gasteiger partial charge in [0.05, 0.1) is 23.1 Å². The Labute approximate surface area is 223 Å². The maximum absolute atomic E-state index is 12.8. The number of carbonyl (C=O) groups excluding carboxylic acids is 1. The number of anilines is 1. The van der Waals surface area contributed by atoms with Gasteiger partial charge in [0.1, 0.15) is 28.4 Å². The van der Waals surface area contributed by atoms with Crippen LogP contribution in [-0.2, 0) is 11.9 Å². The van der Waals surface area contributed by atoms with Crippen molar-refractivity contribution in [2.24, 2.45) is 12.2 Å². The van der Waals surface area contributed by atoms with Gasteiger partial charge in [-0.05, 0) is 64.8 Å². The van der Waals surface area contributed by atoms with Gasteiger partial charge < -0.3 is 14.3 Å². The van der Waals surface area contributed by atoms with Crippen LogP contribution in [-0.4, -0.2) is 45.2 Å². The van der Waals surface area contributed by atoms with E-state index in [1.165, 1.54) is 17.9 Å². The van der Waals surface area contributed by atoms with Crippen LogP contribution >= 0.6 is 0 Å². The third kappa shape index (κ3) is 7.03. The van der Waals surface area contributed by atoms with E-state index in [9.17, 15) is 14.9 Å². The van der Waals surface area contributed by atoms with Gasteiger partial charge in [0, 0.05) is 26.3 Å². The highest BCUT2D eigenvalue weighted by Gasteiger charge is 2.27. The Balaban J connectivity index is 0.000000260. The van der Waals surface area contributed by atoms with Crippen molar-refractivity contribution >= 4 is 28.7 Å². The molecular weight excluding hydrogens is 480 g/mol. The number of oxime groups is 1. The average Bonchev–Trinajstić information content (AvgIpc) is 2.90. The number of Topliss-reactive ketones (excluding diaryl/α,β-unsaturated/α-hetero) is 1. The van der Waals surface area contributed by atoms with E-state index in [1.54, 1.807) is 31.6 Å². The molecule has 9 nitrogen and oxygen atoms in total. The van der Waals surface area contributed by atoms with Crippen LogP contribution in [0.25, 0.3) is 11.0 Å². The zero-order valence-electron chi connectivity index (χ0n) is 23.1. The SMILES string of the molecule is CC(=O)c1c(N(C)C2CCCCC2)c2nc(C#N)ccc2n(C)c1=O.CC(C)(C)O/N=C\c1ccccn1. The molecule has 3 heterocycles. The van der Waals surface area contributed by atoms with Crippen molar-refractivity contribution in [2.45, 2.75) is 71.4 Å². The Morgan fingerprint density at radius 1 is 1.21 bits per heavy atom. The predicted octanol–water partition coefficient (Wildman–Crippen LogP) is 5.01. The quantitative estimate of drug-likeness (QED) is 0.266. The van der Waals surface area contributed by atoms with Crippen molar-refractivity contribution in [1.29, 1.82) is 5.26 Å². The number of nitrogens with zero attached hydrogens (tertiary/aromatic N) is 6. The van der Waals surface area contributed by atoms with Gasteiger partial charge in [0.25, 0.3) is 5.56 Å². The summed E-state index contributed by atoms with van der Waals surface area (Å²) >= 11 is 0. The van der Waals surface area contributed by atoms with E-state index in [1.807, 2.05) is 57.0 Å². The normalized spacial score (nSPS) is 14.0. The van der Waals surface area contributed by atoms with Crippen LogP contribution in [0.2, 0.25) is 0 Å². The lowest BCUT2D eigenvalue weighted by Gasteiger charge is -2.34. The molecule has 0 atom stereocenters. The molecule has 1 aliphatic carbocycles. The van der Waals surface area contributed by atoms with E-state index >= 15 is 0 Å². The maximum Gasteiger partial charge on any atom is 0.263 e. The molecule has 0 amide bonds. The van der Waals surface area contributed by atoms with Crippen LogP contribution in [0, 0.1) is 11.3 Å². The van der Waals surface area contributed by atoms with E-state index < -0.39 is 0 Å². The second kappa shape index (κ2) is 12.5. The lowest BCUT2D eigenvalue weighted by atomic mass is 9.93. The van der Waals surface area contributed by atoms with Crippen molar-refractivity contribution < 1.29 is 9.63 Å². The molecule has 3 aromatic rings.